The van der Waals surface area contributed by atoms with E-state index in [2.05, 4.69) is 0 Å². The summed E-state index contributed by atoms with van der Waals surface area (Å²) in [6.45, 7) is 2.52. The fraction of sp³-hybridized carbons (Fsp3) is 0.600. The SMILES string of the molecule is COc1ccc(COCCCCC[C@H]2CO2)cc1. The summed E-state index contributed by atoms with van der Waals surface area (Å²) in [5.41, 5.74) is 1.20. The molecule has 100 valence electrons. The van der Waals surface area contributed by atoms with Crippen LogP contribution in [0.25, 0.3) is 0 Å². The van der Waals surface area contributed by atoms with Gasteiger partial charge in [-0.2, -0.15) is 0 Å². The maximum absolute atomic E-state index is 5.64. The maximum Gasteiger partial charge on any atom is 0.118 e. The number of epoxide rings is 1. The van der Waals surface area contributed by atoms with E-state index in [9.17, 15) is 0 Å². The highest BCUT2D eigenvalue weighted by molar-refractivity contribution is 5.26. The molecule has 1 saturated heterocycles. The van der Waals surface area contributed by atoms with Gasteiger partial charge in [0.05, 0.1) is 26.4 Å². The molecule has 0 radical (unpaired) electrons. The molecule has 0 aliphatic carbocycles. The Hall–Kier alpha value is -1.06. The quantitative estimate of drug-likeness (QED) is 0.498. The van der Waals surface area contributed by atoms with Crippen LogP contribution in [-0.4, -0.2) is 26.4 Å². The Balaban J connectivity index is 1.48. The molecule has 1 aromatic rings. The van der Waals surface area contributed by atoms with Gasteiger partial charge in [-0.05, 0) is 30.5 Å². The molecule has 3 heteroatoms. The molecule has 1 heterocycles. The van der Waals surface area contributed by atoms with Crippen molar-refractivity contribution in [1.82, 2.24) is 0 Å². The van der Waals surface area contributed by atoms with E-state index in [0.717, 1.165) is 25.4 Å². The lowest BCUT2D eigenvalue weighted by molar-refractivity contribution is 0.116. The molecule has 1 atom stereocenters. The van der Waals surface area contributed by atoms with E-state index in [1.54, 1.807) is 7.11 Å². The third kappa shape index (κ3) is 5.07. The topological polar surface area (TPSA) is 31.0 Å². The van der Waals surface area contributed by atoms with Crippen molar-refractivity contribution in [2.75, 3.05) is 20.3 Å². The first-order valence-electron chi connectivity index (χ1n) is 6.71. The predicted molar refractivity (Wildman–Crippen MR) is 70.9 cm³/mol. The monoisotopic (exact) mass is 250 g/mol. The first-order valence-corrected chi connectivity index (χ1v) is 6.71. The Bertz CT molecular complexity index is 330. The molecule has 18 heavy (non-hydrogen) atoms. The van der Waals surface area contributed by atoms with E-state index in [0.29, 0.717) is 12.7 Å². The lowest BCUT2D eigenvalue weighted by Crippen LogP contribution is -1.96. The van der Waals surface area contributed by atoms with Gasteiger partial charge in [-0.15, -0.1) is 0 Å². The Morgan fingerprint density at radius 2 is 1.94 bits per heavy atom. The Labute approximate surface area is 109 Å². The third-order valence-corrected chi connectivity index (χ3v) is 3.14. The summed E-state index contributed by atoms with van der Waals surface area (Å²) in [6, 6.07) is 8.02. The fourth-order valence-electron chi connectivity index (χ4n) is 1.90. The van der Waals surface area contributed by atoms with Crippen LogP contribution < -0.4 is 4.74 Å². The summed E-state index contributed by atoms with van der Waals surface area (Å²) in [5.74, 6) is 0.890. The van der Waals surface area contributed by atoms with Crippen LogP contribution in [0.15, 0.2) is 24.3 Å². The summed E-state index contributed by atoms with van der Waals surface area (Å²) in [4.78, 5) is 0. The second-order valence-electron chi connectivity index (χ2n) is 4.71. The molecule has 0 spiro atoms. The third-order valence-electron chi connectivity index (χ3n) is 3.14. The van der Waals surface area contributed by atoms with Crippen LogP contribution in [0.4, 0.5) is 0 Å². The molecule has 0 amide bonds. The molecule has 3 nitrogen and oxygen atoms in total. The average molecular weight is 250 g/mol. The minimum absolute atomic E-state index is 0.574. The van der Waals surface area contributed by atoms with Crippen molar-refractivity contribution in [2.45, 2.75) is 38.4 Å². The normalized spacial score (nSPS) is 17.7. The minimum Gasteiger partial charge on any atom is -0.497 e. The van der Waals surface area contributed by atoms with Crippen LogP contribution in [0, 0.1) is 0 Å². The van der Waals surface area contributed by atoms with Crippen molar-refractivity contribution in [3.63, 3.8) is 0 Å². The fourth-order valence-corrected chi connectivity index (χ4v) is 1.90. The van der Waals surface area contributed by atoms with Crippen molar-refractivity contribution in [1.29, 1.82) is 0 Å². The van der Waals surface area contributed by atoms with Gasteiger partial charge in [-0.25, -0.2) is 0 Å². The van der Waals surface area contributed by atoms with Gasteiger partial charge in [-0.1, -0.05) is 25.0 Å². The second-order valence-corrected chi connectivity index (χ2v) is 4.71. The van der Waals surface area contributed by atoms with Crippen LogP contribution in [0.5, 0.6) is 5.75 Å². The molecule has 1 aromatic carbocycles. The van der Waals surface area contributed by atoms with E-state index in [1.165, 1.54) is 24.8 Å². The molecule has 1 fully saturated rings. The minimum atomic E-state index is 0.574. The largest absolute Gasteiger partial charge is 0.497 e. The molecule has 0 saturated carbocycles. The molecule has 0 aromatic heterocycles. The summed E-state index contributed by atoms with van der Waals surface area (Å²) in [5, 5.41) is 0. The molecule has 1 aliphatic rings. The Morgan fingerprint density at radius 1 is 1.17 bits per heavy atom. The number of hydrogen-bond donors (Lipinski definition) is 0. The van der Waals surface area contributed by atoms with Gasteiger partial charge in [0.2, 0.25) is 0 Å². The van der Waals surface area contributed by atoms with Crippen LogP contribution in [0.2, 0.25) is 0 Å². The van der Waals surface area contributed by atoms with E-state index >= 15 is 0 Å². The first-order chi connectivity index (χ1) is 8.88. The van der Waals surface area contributed by atoms with Crippen molar-refractivity contribution in [2.24, 2.45) is 0 Å². The molecular weight excluding hydrogens is 228 g/mol. The molecule has 2 rings (SSSR count). The number of ether oxygens (including phenoxy) is 3. The smallest absolute Gasteiger partial charge is 0.118 e. The van der Waals surface area contributed by atoms with Crippen molar-refractivity contribution in [3.8, 4) is 5.75 Å². The highest BCUT2D eigenvalue weighted by Crippen LogP contribution is 2.17. The average Bonchev–Trinajstić information content (AvgIpc) is 3.22. The number of unbranched alkanes of at least 4 members (excludes halogenated alkanes) is 2. The van der Waals surface area contributed by atoms with E-state index in [-0.39, 0.29) is 0 Å². The van der Waals surface area contributed by atoms with E-state index in [1.807, 2.05) is 24.3 Å². The maximum atomic E-state index is 5.64. The first kappa shape index (κ1) is 13.4. The lowest BCUT2D eigenvalue weighted by Gasteiger charge is -2.05. The van der Waals surface area contributed by atoms with Crippen LogP contribution >= 0.6 is 0 Å². The zero-order valence-corrected chi connectivity index (χ0v) is 11.1. The summed E-state index contributed by atoms with van der Waals surface area (Å²) in [7, 11) is 1.68. The predicted octanol–water partition coefficient (Wildman–Crippen LogP) is 3.17. The Kier molecular flexibility index (Phi) is 5.49. The molecule has 0 bridgehead atoms. The van der Waals surface area contributed by atoms with Gasteiger partial charge in [0.25, 0.3) is 0 Å². The van der Waals surface area contributed by atoms with Gasteiger partial charge in [-0.3, -0.25) is 0 Å². The van der Waals surface area contributed by atoms with Gasteiger partial charge in [0, 0.05) is 6.61 Å². The van der Waals surface area contributed by atoms with Gasteiger partial charge < -0.3 is 14.2 Å². The van der Waals surface area contributed by atoms with Gasteiger partial charge in [0.15, 0.2) is 0 Å². The molecule has 0 unspecified atom stereocenters. The standard InChI is InChI=1S/C15H22O3/c1-16-14-8-6-13(7-9-14)11-17-10-4-2-3-5-15-12-18-15/h6-9,15H,2-5,10-12H2,1H3/t15-/m0/s1. The summed E-state index contributed by atoms with van der Waals surface area (Å²) >= 11 is 0. The van der Waals surface area contributed by atoms with Crippen molar-refractivity contribution in [3.05, 3.63) is 29.8 Å². The van der Waals surface area contributed by atoms with Gasteiger partial charge in [0.1, 0.15) is 5.75 Å². The number of rotatable bonds is 9. The van der Waals surface area contributed by atoms with E-state index < -0.39 is 0 Å². The zero-order valence-electron chi connectivity index (χ0n) is 11.1. The second kappa shape index (κ2) is 7.39. The lowest BCUT2D eigenvalue weighted by atomic mass is 10.1. The highest BCUT2D eigenvalue weighted by Gasteiger charge is 2.20. The van der Waals surface area contributed by atoms with Crippen LogP contribution in [-0.2, 0) is 16.1 Å². The summed E-state index contributed by atoms with van der Waals surface area (Å²) in [6.07, 6.45) is 5.44. The van der Waals surface area contributed by atoms with Crippen LogP contribution in [0.3, 0.4) is 0 Å². The number of benzene rings is 1. The molecular formula is C15H22O3. The molecule has 0 N–H and O–H groups in total. The van der Waals surface area contributed by atoms with Crippen LogP contribution in [0.1, 0.15) is 31.2 Å². The zero-order chi connectivity index (χ0) is 12.6. The highest BCUT2D eigenvalue weighted by atomic mass is 16.6. The number of methoxy groups -OCH3 is 1. The van der Waals surface area contributed by atoms with E-state index in [4.69, 9.17) is 14.2 Å². The number of hydrogen-bond acceptors (Lipinski definition) is 3. The van der Waals surface area contributed by atoms with Gasteiger partial charge >= 0.3 is 0 Å². The van der Waals surface area contributed by atoms with Crippen molar-refractivity contribution < 1.29 is 14.2 Å². The van der Waals surface area contributed by atoms with Crippen molar-refractivity contribution >= 4 is 0 Å². The Morgan fingerprint density at radius 3 is 2.61 bits per heavy atom. The summed E-state index contributed by atoms with van der Waals surface area (Å²) < 4.78 is 15.9. The molecule has 1 aliphatic heterocycles.